The summed E-state index contributed by atoms with van der Waals surface area (Å²) in [6.45, 7) is 7.88. The van der Waals surface area contributed by atoms with E-state index in [2.05, 4.69) is 22.2 Å². The van der Waals surface area contributed by atoms with Crippen LogP contribution >= 0.6 is 11.6 Å². The average molecular weight is 285 g/mol. The third kappa shape index (κ3) is 4.06. The highest BCUT2D eigenvalue weighted by atomic mass is 35.5. The molecule has 0 aliphatic carbocycles. The number of hydrogen-bond acceptors (Lipinski definition) is 4. The highest BCUT2D eigenvalue weighted by Crippen LogP contribution is 2.22. The Morgan fingerprint density at radius 1 is 1.42 bits per heavy atom. The lowest BCUT2D eigenvalue weighted by Gasteiger charge is -2.22. The Labute approximate surface area is 119 Å². The van der Waals surface area contributed by atoms with Gasteiger partial charge in [-0.3, -0.25) is 4.79 Å². The first-order valence-electron chi connectivity index (χ1n) is 6.34. The van der Waals surface area contributed by atoms with Gasteiger partial charge >= 0.3 is 0 Å². The Hall–Kier alpha value is -1.36. The smallest absolute Gasteiger partial charge is 0.224 e. The summed E-state index contributed by atoms with van der Waals surface area (Å²) in [6.07, 6.45) is 1.72. The molecular weight excluding hydrogens is 264 g/mol. The molecule has 106 valence electrons. The second-order valence-electron chi connectivity index (χ2n) is 5.26. The Bertz CT molecular complexity index is 474. The van der Waals surface area contributed by atoms with E-state index in [0.29, 0.717) is 23.3 Å². The van der Waals surface area contributed by atoms with Crippen LogP contribution in [0.5, 0.6) is 0 Å². The molecule has 0 bridgehead atoms. The minimum atomic E-state index is -0.644. The number of aromatic nitrogens is 2. The molecule has 3 N–H and O–H groups in total. The summed E-state index contributed by atoms with van der Waals surface area (Å²) in [5.41, 5.74) is 5.48. The normalized spacial score (nSPS) is 11.4. The van der Waals surface area contributed by atoms with Crippen molar-refractivity contribution in [1.29, 1.82) is 0 Å². The number of nitrogens with zero attached hydrogens (tertiary/aromatic N) is 2. The molecule has 0 unspecified atom stereocenters. The fourth-order valence-corrected chi connectivity index (χ4v) is 1.62. The fourth-order valence-electron chi connectivity index (χ4n) is 1.43. The molecular formula is C13H21ClN4O. The summed E-state index contributed by atoms with van der Waals surface area (Å²) in [5, 5.41) is 3.58. The second kappa shape index (κ2) is 6.19. The van der Waals surface area contributed by atoms with Gasteiger partial charge in [-0.15, -0.1) is 0 Å². The number of carbonyl (C=O) groups excluding carboxylic acids is 1. The van der Waals surface area contributed by atoms with Gasteiger partial charge in [0.25, 0.3) is 0 Å². The van der Waals surface area contributed by atoms with Gasteiger partial charge in [-0.1, -0.05) is 18.5 Å². The van der Waals surface area contributed by atoms with Crippen LogP contribution in [0.25, 0.3) is 0 Å². The van der Waals surface area contributed by atoms with Gasteiger partial charge in [0.05, 0.1) is 5.41 Å². The number of primary amides is 1. The summed E-state index contributed by atoms with van der Waals surface area (Å²) in [7, 11) is 0. The van der Waals surface area contributed by atoms with Crippen molar-refractivity contribution < 1.29 is 4.79 Å². The van der Waals surface area contributed by atoms with E-state index in [1.165, 1.54) is 0 Å². The van der Waals surface area contributed by atoms with Gasteiger partial charge in [-0.2, -0.15) is 0 Å². The number of amides is 1. The van der Waals surface area contributed by atoms with Crippen molar-refractivity contribution in [2.24, 2.45) is 11.1 Å². The van der Waals surface area contributed by atoms with E-state index < -0.39 is 5.41 Å². The summed E-state index contributed by atoms with van der Waals surface area (Å²) in [4.78, 5) is 19.9. The number of carbonyl (C=O) groups is 1. The molecule has 19 heavy (non-hydrogen) atoms. The van der Waals surface area contributed by atoms with E-state index in [-0.39, 0.29) is 5.91 Å². The number of hydrogen-bond donors (Lipinski definition) is 2. The largest absolute Gasteiger partial charge is 0.369 e. The van der Waals surface area contributed by atoms with Crippen molar-refractivity contribution in [3.8, 4) is 0 Å². The monoisotopic (exact) mass is 284 g/mol. The number of aryl methyl sites for hydroxylation is 1. The maximum absolute atomic E-state index is 11.3. The van der Waals surface area contributed by atoms with Crippen molar-refractivity contribution in [1.82, 2.24) is 9.97 Å². The molecule has 6 heteroatoms. The number of nitrogens with one attached hydrogen (secondary N) is 1. The molecule has 0 aliphatic rings. The van der Waals surface area contributed by atoms with Crippen LogP contribution in [0, 0.1) is 12.3 Å². The van der Waals surface area contributed by atoms with Crippen LogP contribution in [-0.4, -0.2) is 22.4 Å². The predicted octanol–water partition coefficient (Wildman–Crippen LogP) is 2.31. The third-order valence-corrected chi connectivity index (χ3v) is 3.34. The SMILES string of the molecule is CCCc1nc(Cl)c(C)c(NCC(C)(C)C(N)=O)n1. The standard InChI is InChI=1S/C13H21ClN4O/c1-5-6-9-17-10(14)8(2)11(18-9)16-7-13(3,4)12(15)19/h5-7H2,1-4H3,(H2,15,19)(H,16,17,18). The molecule has 0 spiro atoms. The van der Waals surface area contributed by atoms with Crippen LogP contribution in [0.15, 0.2) is 0 Å². The minimum Gasteiger partial charge on any atom is -0.369 e. The number of rotatable bonds is 6. The van der Waals surface area contributed by atoms with E-state index >= 15 is 0 Å². The first-order chi connectivity index (χ1) is 8.77. The van der Waals surface area contributed by atoms with E-state index in [0.717, 1.165) is 18.4 Å². The third-order valence-electron chi connectivity index (χ3n) is 2.97. The van der Waals surface area contributed by atoms with Crippen molar-refractivity contribution in [2.75, 3.05) is 11.9 Å². The molecule has 0 radical (unpaired) electrons. The summed E-state index contributed by atoms with van der Waals surface area (Å²) in [6, 6.07) is 0. The predicted molar refractivity (Wildman–Crippen MR) is 77.2 cm³/mol. The van der Waals surface area contributed by atoms with Crippen LogP contribution in [-0.2, 0) is 11.2 Å². The van der Waals surface area contributed by atoms with E-state index in [9.17, 15) is 4.79 Å². The lowest BCUT2D eigenvalue weighted by Crippen LogP contribution is -2.37. The van der Waals surface area contributed by atoms with E-state index in [4.69, 9.17) is 17.3 Å². The van der Waals surface area contributed by atoms with Gasteiger partial charge in [-0.05, 0) is 27.2 Å². The first kappa shape index (κ1) is 15.7. The van der Waals surface area contributed by atoms with Gasteiger partial charge in [0, 0.05) is 18.5 Å². The maximum Gasteiger partial charge on any atom is 0.224 e. The van der Waals surface area contributed by atoms with Crippen molar-refractivity contribution in [2.45, 2.75) is 40.5 Å². The molecule has 1 rings (SSSR count). The number of anilines is 1. The first-order valence-corrected chi connectivity index (χ1v) is 6.72. The van der Waals surface area contributed by atoms with Gasteiger partial charge < -0.3 is 11.1 Å². The van der Waals surface area contributed by atoms with Crippen molar-refractivity contribution >= 4 is 23.3 Å². The summed E-state index contributed by atoms with van der Waals surface area (Å²) >= 11 is 6.08. The molecule has 1 amide bonds. The molecule has 0 fully saturated rings. The Kier molecular flexibility index (Phi) is 5.11. The zero-order valence-electron chi connectivity index (χ0n) is 11.9. The maximum atomic E-state index is 11.3. The Balaban J connectivity index is 2.91. The lowest BCUT2D eigenvalue weighted by atomic mass is 9.93. The van der Waals surface area contributed by atoms with Crippen LogP contribution in [0.3, 0.4) is 0 Å². The summed E-state index contributed by atoms with van der Waals surface area (Å²) < 4.78 is 0. The zero-order chi connectivity index (χ0) is 14.6. The van der Waals surface area contributed by atoms with Crippen LogP contribution < -0.4 is 11.1 Å². The van der Waals surface area contributed by atoms with Crippen LogP contribution in [0.4, 0.5) is 5.82 Å². The Morgan fingerprint density at radius 2 is 2.05 bits per heavy atom. The lowest BCUT2D eigenvalue weighted by molar-refractivity contribution is -0.125. The average Bonchev–Trinajstić information content (AvgIpc) is 2.32. The molecule has 0 saturated carbocycles. The quantitative estimate of drug-likeness (QED) is 0.786. The van der Waals surface area contributed by atoms with Gasteiger partial charge in [0.2, 0.25) is 5.91 Å². The Morgan fingerprint density at radius 3 is 2.58 bits per heavy atom. The molecule has 0 aliphatic heterocycles. The zero-order valence-corrected chi connectivity index (χ0v) is 12.6. The van der Waals surface area contributed by atoms with E-state index in [1.54, 1.807) is 13.8 Å². The minimum absolute atomic E-state index is 0.355. The van der Waals surface area contributed by atoms with Gasteiger partial charge in [0.1, 0.15) is 16.8 Å². The highest BCUT2D eigenvalue weighted by molar-refractivity contribution is 6.30. The highest BCUT2D eigenvalue weighted by Gasteiger charge is 2.25. The van der Waals surface area contributed by atoms with Gasteiger partial charge in [-0.25, -0.2) is 9.97 Å². The van der Waals surface area contributed by atoms with Crippen LogP contribution in [0.1, 0.15) is 38.6 Å². The topological polar surface area (TPSA) is 80.9 Å². The molecule has 5 nitrogen and oxygen atoms in total. The molecule has 0 aromatic carbocycles. The molecule has 0 saturated heterocycles. The molecule has 1 heterocycles. The van der Waals surface area contributed by atoms with Crippen molar-refractivity contribution in [3.05, 3.63) is 16.5 Å². The fraction of sp³-hybridized carbons (Fsp3) is 0.615. The van der Waals surface area contributed by atoms with Crippen LogP contribution in [0.2, 0.25) is 5.15 Å². The van der Waals surface area contributed by atoms with Crippen molar-refractivity contribution in [3.63, 3.8) is 0 Å². The number of nitrogens with two attached hydrogens (primary N) is 1. The molecule has 1 aromatic heterocycles. The van der Waals surface area contributed by atoms with E-state index in [1.807, 2.05) is 6.92 Å². The van der Waals surface area contributed by atoms with Gasteiger partial charge in [0.15, 0.2) is 0 Å². The summed E-state index contributed by atoms with van der Waals surface area (Å²) in [5.74, 6) is 1.02. The molecule has 0 atom stereocenters. The molecule has 1 aromatic rings. The second-order valence-corrected chi connectivity index (χ2v) is 5.61. The number of halogens is 1.